The maximum atomic E-state index is 13.6. The fraction of sp³-hybridized carbons (Fsp3) is 0.489. The minimum Gasteiger partial charge on any atom is -0.489 e. The number of rotatable bonds is 10. The van der Waals surface area contributed by atoms with Crippen molar-refractivity contribution in [3.05, 3.63) is 93.5 Å². The van der Waals surface area contributed by atoms with Gasteiger partial charge in [0.15, 0.2) is 5.78 Å². The fourth-order valence-corrected chi connectivity index (χ4v) is 11.1. The molecule has 4 amide bonds. The van der Waals surface area contributed by atoms with Gasteiger partial charge in [-0.25, -0.2) is 0 Å². The van der Waals surface area contributed by atoms with Gasteiger partial charge in [0, 0.05) is 60.6 Å². The Morgan fingerprint density at radius 1 is 0.847 bits per heavy atom. The summed E-state index contributed by atoms with van der Waals surface area (Å²) in [7, 11) is 0. The lowest BCUT2D eigenvalue weighted by Crippen LogP contribution is -2.66. The van der Waals surface area contributed by atoms with Gasteiger partial charge >= 0.3 is 0 Å². The smallest absolute Gasteiger partial charge is 0.262 e. The van der Waals surface area contributed by atoms with Crippen LogP contribution in [0.1, 0.15) is 121 Å². The molecule has 3 aromatic rings. The standard InChI is InChI=1S/C47H52ClN5O6/c1-46(2)40(47(3,4)45(46)59-34-11-9-32(26-49)37(48)24-34)25-39(54)31-7-5-29(6-8-31)30-17-19-51(20-18-30)27-28-15-21-52(22-16-28)33-10-12-35-36(23-33)44(58)53(43(35)57)38-13-14-41(55)50-42(38)56/h5-12,23-24,28,30,38,40,45H,13-22,25,27H2,1-4H3,(H,50,55,56). The number of carbonyl (C=O) groups excluding carboxylic acids is 5. The molecule has 12 heteroatoms. The van der Waals surface area contributed by atoms with E-state index in [-0.39, 0.29) is 47.4 Å². The number of ketones is 1. The topological polar surface area (TPSA) is 140 Å². The summed E-state index contributed by atoms with van der Waals surface area (Å²) in [5.74, 6) is 0.0136. The number of benzene rings is 3. The lowest BCUT2D eigenvalue weighted by atomic mass is 9.44. The molecule has 11 nitrogen and oxygen atoms in total. The highest BCUT2D eigenvalue weighted by atomic mass is 35.5. The van der Waals surface area contributed by atoms with Crippen LogP contribution in [0.15, 0.2) is 60.7 Å². The number of fused-ring (bicyclic) bond motifs is 1. The van der Waals surface area contributed by atoms with Crippen molar-refractivity contribution in [2.75, 3.05) is 37.6 Å². The Bertz CT molecular complexity index is 2220. The molecular weight excluding hydrogens is 766 g/mol. The first-order valence-electron chi connectivity index (χ1n) is 21.0. The predicted molar refractivity (Wildman–Crippen MR) is 223 cm³/mol. The number of imide groups is 2. The first kappa shape index (κ1) is 40.7. The van der Waals surface area contributed by atoms with Crippen molar-refractivity contribution in [1.29, 1.82) is 5.26 Å². The second kappa shape index (κ2) is 15.9. The minimum atomic E-state index is -0.968. The molecule has 0 bridgehead atoms. The van der Waals surface area contributed by atoms with Gasteiger partial charge < -0.3 is 14.5 Å². The molecule has 0 radical (unpaired) electrons. The summed E-state index contributed by atoms with van der Waals surface area (Å²) in [5, 5.41) is 11.8. The van der Waals surface area contributed by atoms with E-state index >= 15 is 0 Å². The van der Waals surface area contributed by atoms with Crippen LogP contribution in [0, 0.1) is 34.0 Å². The number of anilines is 1. The van der Waals surface area contributed by atoms with Crippen LogP contribution >= 0.6 is 11.6 Å². The van der Waals surface area contributed by atoms with Crippen molar-refractivity contribution >= 4 is 46.7 Å². The lowest BCUT2D eigenvalue weighted by molar-refractivity contribution is -0.196. The Hall–Kier alpha value is -5.05. The van der Waals surface area contributed by atoms with E-state index in [1.807, 2.05) is 18.2 Å². The van der Waals surface area contributed by atoms with Gasteiger partial charge in [-0.15, -0.1) is 0 Å². The Kier molecular flexibility index (Phi) is 10.9. The van der Waals surface area contributed by atoms with E-state index in [1.54, 1.807) is 30.3 Å². The Labute approximate surface area is 351 Å². The van der Waals surface area contributed by atoms with Crippen molar-refractivity contribution in [3.63, 3.8) is 0 Å². The lowest BCUT2D eigenvalue weighted by Gasteiger charge is -2.63. The van der Waals surface area contributed by atoms with Crippen LogP contribution in [0.25, 0.3) is 0 Å². The number of hydrogen-bond acceptors (Lipinski definition) is 9. The number of nitrogens with one attached hydrogen (secondary N) is 1. The molecule has 1 unspecified atom stereocenters. The summed E-state index contributed by atoms with van der Waals surface area (Å²) in [4.78, 5) is 70.1. The van der Waals surface area contributed by atoms with Crippen LogP contribution < -0.4 is 15.0 Å². The van der Waals surface area contributed by atoms with Gasteiger partial charge in [0.25, 0.3) is 11.8 Å². The van der Waals surface area contributed by atoms with Crippen LogP contribution in [0.5, 0.6) is 5.75 Å². The van der Waals surface area contributed by atoms with Crippen LogP contribution in [0.2, 0.25) is 5.02 Å². The number of hydrogen-bond donors (Lipinski definition) is 1. The molecule has 1 N–H and O–H groups in total. The molecule has 3 aromatic carbocycles. The van der Waals surface area contributed by atoms with Crippen molar-refractivity contribution in [2.45, 2.75) is 90.7 Å². The largest absolute Gasteiger partial charge is 0.489 e. The van der Waals surface area contributed by atoms with Crippen molar-refractivity contribution in [1.82, 2.24) is 15.1 Å². The summed E-state index contributed by atoms with van der Waals surface area (Å²) >= 11 is 6.27. The van der Waals surface area contributed by atoms with Crippen LogP contribution in [-0.4, -0.2) is 84.1 Å². The number of Topliss-reactive ketones (excluding diaryl/α,β-unsaturated/α-hetero) is 1. The van der Waals surface area contributed by atoms with E-state index in [2.05, 4.69) is 61.0 Å². The summed E-state index contributed by atoms with van der Waals surface area (Å²) < 4.78 is 6.43. The fourth-order valence-electron chi connectivity index (χ4n) is 10.9. The third-order valence-corrected chi connectivity index (χ3v) is 14.4. The molecular formula is C47H52ClN5O6. The zero-order valence-electron chi connectivity index (χ0n) is 34.3. The molecule has 0 spiro atoms. The van der Waals surface area contributed by atoms with Crippen LogP contribution in [-0.2, 0) is 9.59 Å². The Morgan fingerprint density at radius 2 is 1.53 bits per heavy atom. The first-order valence-corrected chi connectivity index (χ1v) is 21.4. The maximum absolute atomic E-state index is 13.6. The zero-order valence-corrected chi connectivity index (χ0v) is 35.0. The van der Waals surface area contributed by atoms with Gasteiger partial charge in [0.05, 0.1) is 21.7 Å². The SMILES string of the molecule is CC1(C)C(CC(=O)c2ccc(C3CCN(CC4CCN(c5ccc6c(c5)C(=O)N(C5CCC(=O)NC5=O)C6=O)CC4)CC3)cc2)C(C)(C)C1Oc1ccc(C#N)c(Cl)c1. The molecule has 1 saturated carbocycles. The molecule has 1 atom stereocenters. The molecule has 1 aliphatic carbocycles. The van der Waals surface area contributed by atoms with Gasteiger partial charge in [-0.05, 0) is 98.8 Å². The molecule has 8 rings (SSSR count). The number of piperidine rings is 3. The predicted octanol–water partition coefficient (Wildman–Crippen LogP) is 7.41. The van der Waals surface area contributed by atoms with Gasteiger partial charge in [0.1, 0.15) is 24.0 Å². The van der Waals surface area contributed by atoms with E-state index in [0.717, 1.165) is 74.6 Å². The number of nitrogens with zero attached hydrogens (tertiary/aromatic N) is 4. The highest BCUT2D eigenvalue weighted by Gasteiger charge is 2.63. The summed E-state index contributed by atoms with van der Waals surface area (Å²) in [6.07, 6.45) is 4.82. The highest BCUT2D eigenvalue weighted by molar-refractivity contribution is 6.31. The highest BCUT2D eigenvalue weighted by Crippen LogP contribution is 2.62. The Balaban J connectivity index is 0.789. The van der Waals surface area contributed by atoms with Gasteiger partial charge in [-0.2, -0.15) is 5.26 Å². The second-order valence-electron chi connectivity index (χ2n) is 18.4. The zero-order chi connectivity index (χ0) is 41.8. The number of amides is 4. The molecule has 4 aliphatic heterocycles. The molecule has 0 aromatic heterocycles. The first-order chi connectivity index (χ1) is 28.1. The number of halogens is 1. The van der Waals surface area contributed by atoms with Crippen LogP contribution in [0.4, 0.5) is 5.69 Å². The average Bonchev–Trinajstić information content (AvgIpc) is 3.47. The van der Waals surface area contributed by atoms with Gasteiger partial charge in [-0.1, -0.05) is 63.6 Å². The monoisotopic (exact) mass is 817 g/mol. The molecule has 5 aliphatic rings. The van der Waals surface area contributed by atoms with Crippen molar-refractivity contribution < 1.29 is 28.7 Å². The normalized spacial score (nSPS) is 24.6. The quantitative estimate of drug-likeness (QED) is 0.164. The second-order valence-corrected chi connectivity index (χ2v) is 18.8. The molecule has 4 heterocycles. The summed E-state index contributed by atoms with van der Waals surface area (Å²) in [5.41, 5.74) is 3.52. The van der Waals surface area contributed by atoms with Crippen molar-refractivity contribution in [3.8, 4) is 11.8 Å². The van der Waals surface area contributed by atoms with E-state index in [4.69, 9.17) is 16.3 Å². The number of nitriles is 1. The number of likely N-dealkylation sites (tertiary alicyclic amines) is 1. The number of carbonyl (C=O) groups is 5. The van der Waals surface area contributed by atoms with E-state index in [1.165, 1.54) is 5.56 Å². The molecule has 59 heavy (non-hydrogen) atoms. The van der Waals surface area contributed by atoms with Gasteiger partial charge in [0.2, 0.25) is 11.8 Å². The molecule has 3 saturated heterocycles. The minimum absolute atomic E-state index is 0.0956. The number of ether oxygens (including phenoxy) is 1. The van der Waals surface area contributed by atoms with Crippen molar-refractivity contribution in [2.24, 2.45) is 22.7 Å². The van der Waals surface area contributed by atoms with E-state index in [9.17, 15) is 29.2 Å². The van der Waals surface area contributed by atoms with Gasteiger partial charge in [-0.3, -0.25) is 34.2 Å². The maximum Gasteiger partial charge on any atom is 0.262 e. The third kappa shape index (κ3) is 7.66. The van der Waals surface area contributed by atoms with E-state index < -0.39 is 23.8 Å². The third-order valence-electron chi connectivity index (χ3n) is 14.1. The summed E-state index contributed by atoms with van der Waals surface area (Å²) in [6, 6.07) is 20.0. The molecule has 4 fully saturated rings. The Morgan fingerprint density at radius 3 is 2.17 bits per heavy atom. The summed E-state index contributed by atoms with van der Waals surface area (Å²) in [6.45, 7) is 13.5. The van der Waals surface area contributed by atoms with E-state index in [0.29, 0.717) is 45.7 Å². The average molecular weight is 818 g/mol. The van der Waals surface area contributed by atoms with Crippen LogP contribution in [0.3, 0.4) is 0 Å². The molecule has 308 valence electrons.